The van der Waals surface area contributed by atoms with E-state index in [1.54, 1.807) is 73.7 Å². The number of rotatable bonds is 5. The number of aryl methyl sites for hydroxylation is 1. The molecular formula is C22H21ClN2O3S. The Morgan fingerprint density at radius 3 is 2.28 bits per heavy atom. The largest absolute Gasteiger partial charge is 0.322 e. The molecule has 0 bridgehead atoms. The van der Waals surface area contributed by atoms with Crippen LogP contribution in [0.25, 0.3) is 0 Å². The predicted octanol–water partition coefficient (Wildman–Crippen LogP) is 5.03. The van der Waals surface area contributed by atoms with Crippen LogP contribution in [-0.2, 0) is 10.0 Å². The average Bonchev–Trinajstić information content (AvgIpc) is 2.71. The first-order chi connectivity index (χ1) is 13.7. The molecule has 29 heavy (non-hydrogen) atoms. The molecule has 0 aromatic heterocycles. The molecule has 0 aliphatic carbocycles. The van der Waals surface area contributed by atoms with Crippen molar-refractivity contribution in [1.82, 2.24) is 0 Å². The first-order valence-electron chi connectivity index (χ1n) is 8.93. The SMILES string of the molecule is Cc1ccc(S(=O)(=O)N(C)c2ccccc2C(=O)Nc2cccc(Cl)c2C)cc1. The molecule has 0 unspecified atom stereocenters. The standard InChI is InChI=1S/C22H21ClN2O3S/c1-15-11-13-17(14-12-15)29(27,28)25(3)21-10-5-4-7-18(21)22(26)24-20-9-6-8-19(23)16(20)2/h4-14H,1-3H3,(H,24,26). The smallest absolute Gasteiger partial charge is 0.264 e. The molecule has 5 nitrogen and oxygen atoms in total. The summed E-state index contributed by atoms with van der Waals surface area (Å²) in [6.07, 6.45) is 0. The minimum Gasteiger partial charge on any atom is -0.322 e. The molecule has 0 aliphatic heterocycles. The lowest BCUT2D eigenvalue weighted by molar-refractivity contribution is 0.102. The second-order valence-corrected chi connectivity index (χ2v) is 9.05. The summed E-state index contributed by atoms with van der Waals surface area (Å²) in [5, 5.41) is 3.35. The highest BCUT2D eigenvalue weighted by Crippen LogP contribution is 2.28. The van der Waals surface area contributed by atoms with Gasteiger partial charge in [-0.2, -0.15) is 0 Å². The van der Waals surface area contributed by atoms with Crippen molar-refractivity contribution in [1.29, 1.82) is 0 Å². The van der Waals surface area contributed by atoms with Crippen molar-refractivity contribution in [3.05, 3.63) is 88.4 Å². The number of hydrogen-bond donors (Lipinski definition) is 1. The summed E-state index contributed by atoms with van der Waals surface area (Å²) >= 11 is 6.12. The molecule has 0 radical (unpaired) electrons. The normalized spacial score (nSPS) is 11.2. The van der Waals surface area contributed by atoms with E-state index in [9.17, 15) is 13.2 Å². The summed E-state index contributed by atoms with van der Waals surface area (Å²) in [6, 6.07) is 18.4. The van der Waals surface area contributed by atoms with Crippen LogP contribution >= 0.6 is 11.6 Å². The molecule has 1 amide bonds. The molecular weight excluding hydrogens is 408 g/mol. The van der Waals surface area contributed by atoms with Gasteiger partial charge in [0.1, 0.15) is 0 Å². The number of carbonyl (C=O) groups is 1. The maximum atomic E-state index is 13.1. The van der Waals surface area contributed by atoms with Gasteiger partial charge in [0.25, 0.3) is 15.9 Å². The van der Waals surface area contributed by atoms with E-state index < -0.39 is 15.9 Å². The topological polar surface area (TPSA) is 66.5 Å². The molecule has 0 aliphatic rings. The number of para-hydroxylation sites is 1. The second kappa shape index (κ2) is 8.27. The number of nitrogens with one attached hydrogen (secondary N) is 1. The van der Waals surface area contributed by atoms with Crippen LogP contribution in [0.15, 0.2) is 71.6 Å². The molecule has 1 N–H and O–H groups in total. The monoisotopic (exact) mass is 428 g/mol. The van der Waals surface area contributed by atoms with Gasteiger partial charge >= 0.3 is 0 Å². The molecule has 0 fully saturated rings. The lowest BCUT2D eigenvalue weighted by Crippen LogP contribution is -2.29. The van der Waals surface area contributed by atoms with Crippen LogP contribution in [0.5, 0.6) is 0 Å². The van der Waals surface area contributed by atoms with Gasteiger partial charge in [-0.05, 0) is 55.8 Å². The minimum atomic E-state index is -3.82. The summed E-state index contributed by atoms with van der Waals surface area (Å²) in [4.78, 5) is 13.1. The third-order valence-electron chi connectivity index (χ3n) is 4.68. The Labute approximate surface area is 176 Å². The molecule has 0 saturated carbocycles. The Morgan fingerprint density at radius 1 is 0.931 bits per heavy atom. The molecule has 3 aromatic rings. The highest BCUT2D eigenvalue weighted by atomic mass is 35.5. The van der Waals surface area contributed by atoms with Crippen LogP contribution < -0.4 is 9.62 Å². The number of sulfonamides is 1. The zero-order valence-corrected chi connectivity index (χ0v) is 17.9. The fraction of sp³-hybridized carbons (Fsp3) is 0.136. The van der Waals surface area contributed by atoms with Gasteiger partial charge in [-0.3, -0.25) is 9.10 Å². The van der Waals surface area contributed by atoms with E-state index in [2.05, 4.69) is 5.32 Å². The van der Waals surface area contributed by atoms with Gasteiger partial charge in [0.05, 0.1) is 16.1 Å². The van der Waals surface area contributed by atoms with Crippen LogP contribution in [0, 0.1) is 13.8 Å². The quantitative estimate of drug-likeness (QED) is 0.619. The second-order valence-electron chi connectivity index (χ2n) is 6.67. The van der Waals surface area contributed by atoms with Crippen molar-refractivity contribution in [2.24, 2.45) is 0 Å². The third-order valence-corrected chi connectivity index (χ3v) is 6.88. The van der Waals surface area contributed by atoms with Crippen molar-refractivity contribution in [3.63, 3.8) is 0 Å². The van der Waals surface area contributed by atoms with Crippen LogP contribution in [0.2, 0.25) is 5.02 Å². The van der Waals surface area contributed by atoms with Gasteiger partial charge in [0.2, 0.25) is 0 Å². The van der Waals surface area contributed by atoms with Crippen LogP contribution in [0.4, 0.5) is 11.4 Å². The third kappa shape index (κ3) is 4.28. The maximum absolute atomic E-state index is 13.1. The number of carbonyl (C=O) groups excluding carboxylic acids is 1. The van der Waals surface area contributed by atoms with E-state index in [1.165, 1.54) is 7.05 Å². The summed E-state index contributed by atoms with van der Waals surface area (Å²) < 4.78 is 27.2. The average molecular weight is 429 g/mol. The van der Waals surface area contributed by atoms with Crippen molar-refractivity contribution in [3.8, 4) is 0 Å². The Morgan fingerprint density at radius 2 is 1.59 bits per heavy atom. The van der Waals surface area contributed by atoms with Crippen LogP contribution in [-0.4, -0.2) is 21.4 Å². The van der Waals surface area contributed by atoms with E-state index in [-0.39, 0.29) is 16.1 Å². The van der Waals surface area contributed by atoms with Crippen molar-refractivity contribution < 1.29 is 13.2 Å². The first-order valence-corrected chi connectivity index (χ1v) is 10.7. The summed E-state index contributed by atoms with van der Waals surface area (Å²) in [7, 11) is -2.38. The van der Waals surface area contributed by atoms with Crippen LogP contribution in [0.1, 0.15) is 21.5 Å². The van der Waals surface area contributed by atoms with Crippen molar-refractivity contribution in [2.75, 3.05) is 16.7 Å². The van der Waals surface area contributed by atoms with Gasteiger partial charge in [-0.1, -0.05) is 47.5 Å². The molecule has 7 heteroatoms. The van der Waals surface area contributed by atoms with Gasteiger partial charge in [0, 0.05) is 17.8 Å². The fourth-order valence-corrected chi connectivity index (χ4v) is 4.26. The van der Waals surface area contributed by atoms with E-state index in [0.29, 0.717) is 10.7 Å². The van der Waals surface area contributed by atoms with E-state index in [0.717, 1.165) is 15.4 Å². The molecule has 3 rings (SSSR count). The van der Waals surface area contributed by atoms with Gasteiger partial charge < -0.3 is 5.32 Å². The van der Waals surface area contributed by atoms with Crippen LogP contribution in [0.3, 0.4) is 0 Å². The highest BCUT2D eigenvalue weighted by molar-refractivity contribution is 7.92. The number of nitrogens with zero attached hydrogens (tertiary/aromatic N) is 1. The van der Waals surface area contributed by atoms with Crippen molar-refractivity contribution in [2.45, 2.75) is 18.7 Å². The summed E-state index contributed by atoms with van der Waals surface area (Å²) in [6.45, 7) is 3.69. The fourth-order valence-electron chi connectivity index (χ4n) is 2.87. The number of hydrogen-bond acceptors (Lipinski definition) is 3. The molecule has 150 valence electrons. The summed E-state index contributed by atoms with van der Waals surface area (Å²) in [5.41, 5.74) is 2.79. The number of amides is 1. The Hall–Kier alpha value is -2.83. The van der Waals surface area contributed by atoms with Crippen molar-refractivity contribution >= 4 is 38.9 Å². The van der Waals surface area contributed by atoms with Gasteiger partial charge in [0.15, 0.2) is 0 Å². The molecule has 0 atom stereocenters. The predicted molar refractivity (Wildman–Crippen MR) is 117 cm³/mol. The number of halogens is 1. The van der Waals surface area contributed by atoms with E-state index >= 15 is 0 Å². The highest BCUT2D eigenvalue weighted by Gasteiger charge is 2.25. The first kappa shape index (κ1) is 20.9. The lowest BCUT2D eigenvalue weighted by Gasteiger charge is -2.22. The Balaban J connectivity index is 1.97. The van der Waals surface area contributed by atoms with Gasteiger partial charge in [-0.25, -0.2) is 8.42 Å². The lowest BCUT2D eigenvalue weighted by atomic mass is 10.1. The van der Waals surface area contributed by atoms with Gasteiger partial charge in [-0.15, -0.1) is 0 Å². The Kier molecular flexibility index (Phi) is 5.96. The summed E-state index contributed by atoms with van der Waals surface area (Å²) in [5.74, 6) is -0.420. The molecule has 0 saturated heterocycles. The minimum absolute atomic E-state index is 0.159. The maximum Gasteiger partial charge on any atom is 0.264 e. The van der Waals surface area contributed by atoms with E-state index in [1.807, 2.05) is 6.92 Å². The Bertz CT molecular complexity index is 1160. The van der Waals surface area contributed by atoms with E-state index in [4.69, 9.17) is 11.6 Å². The molecule has 0 heterocycles. The molecule has 3 aromatic carbocycles. The molecule has 0 spiro atoms. The zero-order chi connectivity index (χ0) is 21.2. The number of anilines is 2. The number of benzene rings is 3. The zero-order valence-electron chi connectivity index (χ0n) is 16.3.